The highest BCUT2D eigenvalue weighted by molar-refractivity contribution is 8.13. The van der Waals surface area contributed by atoms with Gasteiger partial charge in [0.15, 0.2) is 0 Å². The zero-order valence-corrected chi connectivity index (χ0v) is 8.98. The lowest BCUT2D eigenvalue weighted by Gasteiger charge is -1.95. The number of furan rings is 1. The summed E-state index contributed by atoms with van der Waals surface area (Å²) >= 11 is 0. The first-order valence-electron chi connectivity index (χ1n) is 3.49. The molecule has 0 aliphatic carbocycles. The van der Waals surface area contributed by atoms with Gasteiger partial charge in [-0.2, -0.15) is 0 Å². The molecule has 0 bridgehead atoms. The first kappa shape index (κ1) is 11.1. The van der Waals surface area contributed by atoms with Crippen molar-refractivity contribution in [3.8, 4) is 0 Å². The van der Waals surface area contributed by atoms with Crippen LogP contribution < -0.4 is 0 Å². The smallest absolute Gasteiger partial charge is 0.374 e. The molecule has 0 atom stereocenters. The molecule has 1 aromatic heterocycles. The third kappa shape index (κ3) is 1.91. The van der Waals surface area contributed by atoms with Crippen molar-refractivity contribution in [3.63, 3.8) is 0 Å². The van der Waals surface area contributed by atoms with Gasteiger partial charge in [0.25, 0.3) is 9.05 Å². The van der Waals surface area contributed by atoms with E-state index in [2.05, 4.69) is 4.74 Å². The van der Waals surface area contributed by atoms with Gasteiger partial charge in [-0.15, -0.1) is 0 Å². The first-order chi connectivity index (χ1) is 6.38. The molecule has 0 amide bonds. The van der Waals surface area contributed by atoms with Crippen LogP contribution in [0.25, 0.3) is 0 Å². The maximum absolute atomic E-state index is 11.0. The number of hydrogen-bond donors (Lipinski definition) is 0. The molecule has 78 valence electrons. The van der Waals surface area contributed by atoms with E-state index in [4.69, 9.17) is 15.1 Å². The lowest BCUT2D eigenvalue weighted by Crippen LogP contribution is -2.02. The standard InChI is InChI=1S/C7H7ClO5S/c1-4-5(14(8,10)11)3-13-6(4)7(9)12-2/h3H,1-2H3. The highest BCUT2D eigenvalue weighted by Crippen LogP contribution is 2.24. The van der Waals surface area contributed by atoms with E-state index in [0.717, 1.165) is 6.26 Å². The van der Waals surface area contributed by atoms with Crippen LogP contribution in [-0.4, -0.2) is 21.5 Å². The van der Waals surface area contributed by atoms with Crippen LogP contribution in [0.15, 0.2) is 15.6 Å². The van der Waals surface area contributed by atoms with Crippen molar-refractivity contribution in [3.05, 3.63) is 17.6 Å². The molecule has 1 heterocycles. The number of hydrogen-bond acceptors (Lipinski definition) is 5. The summed E-state index contributed by atoms with van der Waals surface area (Å²) in [6, 6.07) is 0. The molecule has 0 saturated carbocycles. The second-order valence-corrected chi connectivity index (χ2v) is 5.02. The maximum Gasteiger partial charge on any atom is 0.374 e. The van der Waals surface area contributed by atoms with Gasteiger partial charge in [0.1, 0.15) is 11.2 Å². The highest BCUT2D eigenvalue weighted by atomic mass is 35.7. The second kappa shape index (κ2) is 3.62. The highest BCUT2D eigenvalue weighted by Gasteiger charge is 2.23. The minimum atomic E-state index is -3.88. The molecule has 1 aromatic rings. The van der Waals surface area contributed by atoms with Gasteiger partial charge < -0.3 is 9.15 Å². The minimum absolute atomic E-state index is 0.145. The molecule has 5 nitrogen and oxygen atoms in total. The van der Waals surface area contributed by atoms with Crippen LogP contribution in [0.2, 0.25) is 0 Å². The van der Waals surface area contributed by atoms with E-state index < -0.39 is 15.0 Å². The lowest BCUT2D eigenvalue weighted by molar-refractivity contribution is 0.0564. The average molecular weight is 239 g/mol. The molecule has 0 aliphatic heterocycles. The van der Waals surface area contributed by atoms with E-state index in [9.17, 15) is 13.2 Å². The van der Waals surface area contributed by atoms with Crippen LogP contribution in [0.1, 0.15) is 16.1 Å². The summed E-state index contributed by atoms with van der Waals surface area (Å²) in [4.78, 5) is 10.8. The zero-order chi connectivity index (χ0) is 10.9. The minimum Gasteiger partial charge on any atom is -0.463 e. The average Bonchev–Trinajstić information content (AvgIpc) is 2.45. The van der Waals surface area contributed by atoms with Gasteiger partial charge in [-0.05, 0) is 6.92 Å². The summed E-state index contributed by atoms with van der Waals surface area (Å²) in [6.45, 7) is 1.41. The Hall–Kier alpha value is -1.01. The molecule has 0 fully saturated rings. The summed E-state index contributed by atoms with van der Waals surface area (Å²) in [5.74, 6) is -0.902. The molecular weight excluding hydrogens is 232 g/mol. The van der Waals surface area contributed by atoms with Crippen molar-refractivity contribution in [1.29, 1.82) is 0 Å². The van der Waals surface area contributed by atoms with Crippen molar-refractivity contribution in [2.24, 2.45) is 0 Å². The van der Waals surface area contributed by atoms with Gasteiger partial charge in [0.05, 0.1) is 7.11 Å². The fourth-order valence-corrected chi connectivity index (χ4v) is 2.01. The van der Waals surface area contributed by atoms with Crippen LogP contribution in [0.3, 0.4) is 0 Å². The molecule has 0 N–H and O–H groups in total. The topological polar surface area (TPSA) is 73.6 Å². The summed E-state index contributed by atoms with van der Waals surface area (Å²) in [7, 11) is 2.37. The molecule has 1 rings (SSSR count). The Morgan fingerprint density at radius 3 is 2.50 bits per heavy atom. The monoisotopic (exact) mass is 238 g/mol. The number of halogens is 1. The van der Waals surface area contributed by atoms with E-state index in [1.807, 2.05) is 0 Å². The van der Waals surface area contributed by atoms with Crippen molar-refractivity contribution >= 4 is 25.7 Å². The Morgan fingerprint density at radius 1 is 1.57 bits per heavy atom. The quantitative estimate of drug-likeness (QED) is 0.574. The van der Waals surface area contributed by atoms with Gasteiger partial charge in [-0.3, -0.25) is 0 Å². The van der Waals surface area contributed by atoms with Gasteiger partial charge in [0.2, 0.25) is 5.76 Å². The number of carbonyl (C=O) groups excluding carboxylic acids is 1. The fourth-order valence-electron chi connectivity index (χ4n) is 0.935. The van der Waals surface area contributed by atoms with Crippen LogP contribution in [0, 0.1) is 6.92 Å². The molecule has 0 aromatic carbocycles. The third-order valence-electron chi connectivity index (χ3n) is 1.63. The molecule has 7 heteroatoms. The lowest BCUT2D eigenvalue weighted by atomic mass is 10.3. The number of carbonyl (C=O) groups is 1. The molecule has 0 aliphatic rings. The fraction of sp³-hybridized carbons (Fsp3) is 0.286. The van der Waals surface area contributed by atoms with E-state index in [1.165, 1.54) is 14.0 Å². The number of ether oxygens (including phenoxy) is 1. The molecular formula is C7H7ClO5S. The van der Waals surface area contributed by atoms with Crippen molar-refractivity contribution < 1.29 is 22.4 Å². The summed E-state index contributed by atoms with van der Waals surface area (Å²) in [6.07, 6.45) is 0.907. The van der Waals surface area contributed by atoms with Crippen LogP contribution in [0.4, 0.5) is 0 Å². The Kier molecular flexibility index (Phi) is 2.86. The predicted molar refractivity (Wildman–Crippen MR) is 47.8 cm³/mol. The number of methoxy groups -OCH3 is 1. The van der Waals surface area contributed by atoms with Crippen LogP contribution in [-0.2, 0) is 13.8 Å². The predicted octanol–water partition coefficient (Wildman–Crippen LogP) is 1.30. The Balaban J connectivity index is 3.29. The third-order valence-corrected chi connectivity index (χ3v) is 3.05. The summed E-state index contributed by atoms with van der Waals surface area (Å²) in [5, 5.41) is 0. The second-order valence-electron chi connectivity index (χ2n) is 2.48. The van der Waals surface area contributed by atoms with E-state index in [0.29, 0.717) is 0 Å². The van der Waals surface area contributed by atoms with Gasteiger partial charge in [-0.1, -0.05) is 0 Å². The number of rotatable bonds is 2. The first-order valence-corrected chi connectivity index (χ1v) is 5.80. The van der Waals surface area contributed by atoms with Gasteiger partial charge in [-0.25, -0.2) is 13.2 Å². The van der Waals surface area contributed by atoms with Crippen LogP contribution in [0.5, 0.6) is 0 Å². The summed E-state index contributed by atoms with van der Waals surface area (Å²) < 4.78 is 31.0. The van der Waals surface area contributed by atoms with E-state index in [1.54, 1.807) is 0 Å². The Labute approximate surface area is 85.0 Å². The van der Waals surface area contributed by atoms with Crippen molar-refractivity contribution in [2.45, 2.75) is 11.8 Å². The normalized spacial score (nSPS) is 11.4. The molecule has 0 unspecified atom stereocenters. The molecule has 0 spiro atoms. The molecule has 0 saturated heterocycles. The van der Waals surface area contributed by atoms with Crippen LogP contribution >= 0.6 is 10.7 Å². The molecule has 14 heavy (non-hydrogen) atoms. The van der Waals surface area contributed by atoms with Gasteiger partial charge in [0, 0.05) is 16.2 Å². The zero-order valence-electron chi connectivity index (χ0n) is 7.40. The Bertz CT molecular complexity index is 458. The van der Waals surface area contributed by atoms with Gasteiger partial charge >= 0.3 is 5.97 Å². The Morgan fingerprint density at radius 2 is 2.14 bits per heavy atom. The number of esters is 1. The maximum atomic E-state index is 11.0. The van der Waals surface area contributed by atoms with E-state index >= 15 is 0 Å². The van der Waals surface area contributed by atoms with Crippen molar-refractivity contribution in [1.82, 2.24) is 0 Å². The van der Waals surface area contributed by atoms with E-state index in [-0.39, 0.29) is 16.2 Å². The van der Waals surface area contributed by atoms with Crippen molar-refractivity contribution in [2.75, 3.05) is 7.11 Å². The largest absolute Gasteiger partial charge is 0.463 e. The SMILES string of the molecule is COC(=O)c1occ(S(=O)(=O)Cl)c1C. The summed E-state index contributed by atoms with van der Waals surface area (Å²) in [5.41, 5.74) is 0.145. The molecule has 0 radical (unpaired) electrons.